The molecule has 2 nitrogen and oxygen atoms in total. The lowest BCUT2D eigenvalue weighted by atomic mass is 10.1. The maximum atomic E-state index is 13.7. The number of rotatable bonds is 1. The number of nitrogens with zero attached hydrogens (tertiary/aromatic N) is 2. The summed E-state index contributed by atoms with van der Waals surface area (Å²) in [7, 11) is 3.79. The maximum Gasteiger partial charge on any atom is 0.162 e. The molecule has 2 aromatic rings. The molecule has 1 aromatic heterocycles. The van der Waals surface area contributed by atoms with Gasteiger partial charge >= 0.3 is 0 Å². The molecular weight excluding hydrogens is 179 g/mol. The predicted octanol–water partition coefficient (Wildman–Crippen LogP) is 2.88. The molecule has 1 heterocycles. The number of aromatic nitrogens is 2. The monoisotopic (exact) mass is 191 g/mol. The average Bonchev–Trinajstić information content (AvgIpc) is 2.44. The van der Waals surface area contributed by atoms with Crippen LogP contribution in [0.3, 0.4) is 0 Å². The number of benzene rings is 1. The molecule has 14 heavy (non-hydrogen) atoms. The molecule has 0 saturated carbocycles. The molecule has 1 aromatic carbocycles. The first kappa shape index (κ1) is 9.19. The first-order valence-electron chi connectivity index (χ1n) is 4.48. The van der Waals surface area contributed by atoms with Gasteiger partial charge in [0.05, 0.1) is 11.0 Å². The van der Waals surface area contributed by atoms with Crippen molar-refractivity contribution in [1.29, 1.82) is 0 Å². The Hall–Kier alpha value is -1.38. The Morgan fingerprint density at radius 3 is 2.57 bits per heavy atom. The molecule has 0 fully saturated rings. The van der Waals surface area contributed by atoms with Crippen molar-refractivity contribution in [3.63, 3.8) is 0 Å². The van der Waals surface area contributed by atoms with E-state index in [1.54, 1.807) is 4.57 Å². The number of hydrogen-bond acceptors (Lipinski definition) is 1. The van der Waals surface area contributed by atoms with Crippen molar-refractivity contribution in [3.8, 4) is 0 Å². The van der Waals surface area contributed by atoms with Gasteiger partial charge in [0.15, 0.2) is 5.67 Å². The zero-order chi connectivity index (χ0) is 10.3. The van der Waals surface area contributed by atoms with Crippen LogP contribution in [0, 0.1) is 7.05 Å². The van der Waals surface area contributed by atoms with Crippen LogP contribution in [0.4, 0.5) is 4.39 Å². The number of alkyl halides is 1. The second-order valence-corrected chi connectivity index (χ2v) is 3.82. The van der Waals surface area contributed by atoms with E-state index < -0.39 is 5.67 Å². The summed E-state index contributed by atoms with van der Waals surface area (Å²) in [5.41, 5.74) is 0.178. The van der Waals surface area contributed by atoms with Crippen molar-refractivity contribution in [1.82, 2.24) is 9.55 Å². The van der Waals surface area contributed by atoms with Gasteiger partial charge in [-0.2, -0.15) is 0 Å². The summed E-state index contributed by atoms with van der Waals surface area (Å²) in [5.74, 6) is 0.360. The van der Waals surface area contributed by atoms with Gasteiger partial charge in [0.25, 0.3) is 0 Å². The van der Waals surface area contributed by atoms with Gasteiger partial charge < -0.3 is 4.57 Å². The van der Waals surface area contributed by atoms with Gasteiger partial charge in [0.2, 0.25) is 0 Å². The third-order valence-corrected chi connectivity index (χ3v) is 2.19. The summed E-state index contributed by atoms with van der Waals surface area (Å²) in [4.78, 5) is 4.21. The number of hydrogen-bond donors (Lipinski definition) is 0. The van der Waals surface area contributed by atoms with Crippen molar-refractivity contribution < 1.29 is 4.39 Å². The van der Waals surface area contributed by atoms with Crippen LogP contribution in [0.15, 0.2) is 24.3 Å². The van der Waals surface area contributed by atoms with Crippen LogP contribution in [0.1, 0.15) is 19.7 Å². The molecule has 0 spiro atoms. The zero-order valence-corrected chi connectivity index (χ0v) is 8.29. The molecule has 0 bridgehead atoms. The number of fused-ring (bicyclic) bond motifs is 1. The first-order valence-corrected chi connectivity index (χ1v) is 4.48. The van der Waals surface area contributed by atoms with Gasteiger partial charge in [-0.3, -0.25) is 0 Å². The number of para-hydroxylation sites is 2. The predicted molar refractivity (Wildman–Crippen MR) is 54.6 cm³/mol. The smallest absolute Gasteiger partial charge is 0.162 e. The van der Waals surface area contributed by atoms with E-state index in [1.807, 2.05) is 24.3 Å². The SMILES string of the molecule is [CH2]n1c(C(C)(C)F)nc2ccccc21. The van der Waals surface area contributed by atoms with E-state index in [0.717, 1.165) is 11.0 Å². The van der Waals surface area contributed by atoms with Gasteiger partial charge in [-0.1, -0.05) is 12.1 Å². The highest BCUT2D eigenvalue weighted by Gasteiger charge is 2.25. The molecule has 0 aliphatic carbocycles. The third-order valence-electron chi connectivity index (χ3n) is 2.19. The van der Waals surface area contributed by atoms with Gasteiger partial charge in [0, 0.05) is 7.05 Å². The highest BCUT2D eigenvalue weighted by molar-refractivity contribution is 5.76. The molecule has 0 saturated heterocycles. The van der Waals surface area contributed by atoms with Gasteiger partial charge in [-0.05, 0) is 26.0 Å². The van der Waals surface area contributed by atoms with Crippen molar-refractivity contribution in [2.75, 3.05) is 0 Å². The average molecular weight is 191 g/mol. The number of imidazole rings is 1. The minimum absolute atomic E-state index is 0.360. The van der Waals surface area contributed by atoms with Crippen LogP contribution < -0.4 is 0 Å². The van der Waals surface area contributed by atoms with Crippen molar-refractivity contribution >= 4 is 11.0 Å². The Labute approximate surface area is 82.4 Å². The normalized spacial score (nSPS) is 12.3. The molecule has 0 unspecified atom stereocenters. The molecule has 0 aliphatic heterocycles. The van der Waals surface area contributed by atoms with Crippen LogP contribution in [0.25, 0.3) is 11.0 Å². The Balaban J connectivity index is 2.75. The van der Waals surface area contributed by atoms with E-state index in [9.17, 15) is 4.39 Å². The van der Waals surface area contributed by atoms with Crippen molar-refractivity contribution in [2.24, 2.45) is 0 Å². The van der Waals surface area contributed by atoms with E-state index >= 15 is 0 Å². The highest BCUT2D eigenvalue weighted by atomic mass is 19.1. The molecule has 0 N–H and O–H groups in total. The molecule has 73 valence electrons. The van der Waals surface area contributed by atoms with Crippen LogP contribution in [-0.2, 0) is 5.67 Å². The van der Waals surface area contributed by atoms with Crippen LogP contribution in [0.2, 0.25) is 0 Å². The molecule has 3 heteroatoms. The van der Waals surface area contributed by atoms with E-state index in [1.165, 1.54) is 13.8 Å². The van der Waals surface area contributed by atoms with Crippen LogP contribution in [0.5, 0.6) is 0 Å². The highest BCUT2D eigenvalue weighted by Crippen LogP contribution is 2.26. The lowest BCUT2D eigenvalue weighted by molar-refractivity contribution is 0.204. The van der Waals surface area contributed by atoms with Crippen LogP contribution >= 0.6 is 0 Å². The Bertz CT molecular complexity index is 466. The maximum absolute atomic E-state index is 13.7. The van der Waals surface area contributed by atoms with E-state index in [4.69, 9.17) is 0 Å². The standard InChI is InChI=1S/C11H12FN2/c1-11(2,12)10-13-8-6-4-5-7-9(8)14(10)3/h4-7H,3H2,1-2H3. The van der Waals surface area contributed by atoms with E-state index in [0.29, 0.717) is 5.82 Å². The fourth-order valence-corrected chi connectivity index (χ4v) is 1.53. The Morgan fingerprint density at radius 1 is 1.36 bits per heavy atom. The molecule has 0 atom stereocenters. The summed E-state index contributed by atoms with van der Waals surface area (Å²) in [6.07, 6.45) is 0. The lowest BCUT2D eigenvalue weighted by Crippen LogP contribution is -2.14. The largest absolute Gasteiger partial charge is 0.323 e. The lowest BCUT2D eigenvalue weighted by Gasteiger charge is -2.13. The quantitative estimate of drug-likeness (QED) is 0.677. The fraction of sp³-hybridized carbons (Fsp3) is 0.273. The molecule has 2 rings (SSSR count). The first-order chi connectivity index (χ1) is 6.50. The number of halogens is 1. The van der Waals surface area contributed by atoms with Gasteiger partial charge in [-0.15, -0.1) is 0 Å². The van der Waals surface area contributed by atoms with Gasteiger partial charge in [-0.25, -0.2) is 9.37 Å². The summed E-state index contributed by atoms with van der Waals surface area (Å²) >= 11 is 0. The van der Waals surface area contributed by atoms with E-state index in [2.05, 4.69) is 12.0 Å². The van der Waals surface area contributed by atoms with Crippen molar-refractivity contribution in [3.05, 3.63) is 37.1 Å². The Morgan fingerprint density at radius 2 is 2.00 bits per heavy atom. The third kappa shape index (κ3) is 1.29. The Kier molecular flexibility index (Phi) is 1.84. The van der Waals surface area contributed by atoms with E-state index in [-0.39, 0.29) is 0 Å². The molecular formula is C11H12FN2. The topological polar surface area (TPSA) is 17.8 Å². The molecule has 1 radical (unpaired) electrons. The molecule has 0 aliphatic rings. The second-order valence-electron chi connectivity index (χ2n) is 3.82. The zero-order valence-electron chi connectivity index (χ0n) is 8.29. The summed E-state index contributed by atoms with van der Waals surface area (Å²) in [6, 6.07) is 7.50. The van der Waals surface area contributed by atoms with Gasteiger partial charge in [0.1, 0.15) is 5.82 Å². The summed E-state index contributed by atoms with van der Waals surface area (Å²) in [5, 5.41) is 0. The van der Waals surface area contributed by atoms with Crippen molar-refractivity contribution in [2.45, 2.75) is 19.5 Å². The summed E-state index contributed by atoms with van der Waals surface area (Å²) in [6.45, 7) is 2.96. The summed E-state index contributed by atoms with van der Waals surface area (Å²) < 4.78 is 15.2. The fourth-order valence-electron chi connectivity index (χ4n) is 1.53. The second kappa shape index (κ2) is 2.80. The minimum Gasteiger partial charge on any atom is -0.323 e. The molecule has 0 amide bonds. The minimum atomic E-state index is -1.46. The van der Waals surface area contributed by atoms with Crippen LogP contribution in [-0.4, -0.2) is 9.55 Å².